The van der Waals surface area contributed by atoms with Crippen LogP contribution in [0.15, 0.2) is 109 Å². The summed E-state index contributed by atoms with van der Waals surface area (Å²) in [7, 11) is 0. The number of aromatic nitrogens is 2. The molecule has 1 heterocycles. The molecule has 0 saturated heterocycles. The number of benzene rings is 4. The number of halogens is 1. The lowest BCUT2D eigenvalue weighted by Crippen LogP contribution is -2.13. The highest BCUT2D eigenvalue weighted by molar-refractivity contribution is 6.30. The molecule has 0 bridgehead atoms. The van der Waals surface area contributed by atoms with Crippen molar-refractivity contribution in [3.8, 4) is 11.4 Å². The second-order valence-electron chi connectivity index (χ2n) is 7.02. The number of hydrogen-bond acceptors (Lipinski definition) is 1. The van der Waals surface area contributed by atoms with Crippen LogP contribution in [-0.2, 0) is 0 Å². The van der Waals surface area contributed by atoms with Gasteiger partial charge < -0.3 is 4.57 Å². The van der Waals surface area contributed by atoms with Gasteiger partial charge in [-0.1, -0.05) is 84.4 Å². The molecule has 0 amide bonds. The summed E-state index contributed by atoms with van der Waals surface area (Å²) in [6.07, 6.45) is 0. The summed E-state index contributed by atoms with van der Waals surface area (Å²) < 4.78 is 2.34. The zero-order valence-corrected chi connectivity index (χ0v) is 16.5. The van der Waals surface area contributed by atoms with E-state index in [1.54, 1.807) is 0 Å². The molecule has 0 radical (unpaired) electrons. The average molecular weight is 395 g/mol. The normalized spacial score (nSPS) is 11.2. The molecule has 29 heavy (non-hydrogen) atoms. The van der Waals surface area contributed by atoms with Crippen molar-refractivity contribution >= 4 is 22.6 Å². The van der Waals surface area contributed by atoms with Crippen LogP contribution < -0.4 is 0 Å². The summed E-state index contributed by atoms with van der Waals surface area (Å²) in [6.45, 7) is 0. The first-order valence-corrected chi connectivity index (χ1v) is 10.0. The average Bonchev–Trinajstić information content (AvgIpc) is 3.15. The maximum Gasteiger partial charge on any atom is 0.141 e. The second-order valence-corrected chi connectivity index (χ2v) is 7.46. The zero-order chi connectivity index (χ0) is 19.6. The zero-order valence-electron chi connectivity index (χ0n) is 15.7. The Morgan fingerprint density at radius 1 is 0.621 bits per heavy atom. The minimum absolute atomic E-state index is 0.00970. The van der Waals surface area contributed by atoms with Gasteiger partial charge in [-0.15, -0.1) is 0 Å². The third kappa shape index (κ3) is 3.32. The number of fused-ring (bicyclic) bond motifs is 1. The van der Waals surface area contributed by atoms with Crippen molar-refractivity contribution < 1.29 is 0 Å². The summed E-state index contributed by atoms with van der Waals surface area (Å²) in [6, 6.07) is 37.4. The van der Waals surface area contributed by atoms with Crippen LogP contribution in [-0.4, -0.2) is 9.55 Å². The summed E-state index contributed by atoms with van der Waals surface area (Å²) >= 11 is 6.14. The lowest BCUT2D eigenvalue weighted by atomic mass is 9.97. The van der Waals surface area contributed by atoms with Gasteiger partial charge in [-0.3, -0.25) is 0 Å². The fourth-order valence-electron chi connectivity index (χ4n) is 3.87. The van der Waals surface area contributed by atoms with Crippen molar-refractivity contribution in [2.45, 2.75) is 6.04 Å². The molecule has 0 aliphatic heterocycles. The largest absolute Gasteiger partial charge is 0.312 e. The standard InChI is InChI=1S/C26H19ClN2/c27-22-17-15-21(16-18-22)26-28-23-13-7-8-14-24(23)29(26)25(19-9-3-1-4-10-19)20-11-5-2-6-12-20/h1-18,25H. The molecule has 1 aromatic heterocycles. The molecule has 0 saturated carbocycles. The van der Waals surface area contributed by atoms with Crippen LogP contribution in [0.5, 0.6) is 0 Å². The Hall–Kier alpha value is -3.36. The van der Waals surface area contributed by atoms with Crippen LogP contribution in [0, 0.1) is 0 Å². The van der Waals surface area contributed by atoms with Gasteiger partial charge in [0.1, 0.15) is 5.82 Å². The fourth-order valence-corrected chi connectivity index (χ4v) is 4.00. The number of rotatable bonds is 4. The lowest BCUT2D eigenvalue weighted by molar-refractivity contribution is 0.705. The van der Waals surface area contributed by atoms with Gasteiger partial charge in [-0.05, 0) is 47.5 Å². The molecular weight excluding hydrogens is 376 g/mol. The molecule has 0 atom stereocenters. The number of para-hydroxylation sites is 2. The highest BCUT2D eigenvalue weighted by Gasteiger charge is 2.23. The fraction of sp³-hybridized carbons (Fsp3) is 0.0385. The van der Waals surface area contributed by atoms with Crippen molar-refractivity contribution in [2.24, 2.45) is 0 Å². The van der Waals surface area contributed by atoms with Crippen LogP contribution >= 0.6 is 11.6 Å². The first-order valence-electron chi connectivity index (χ1n) is 9.64. The van der Waals surface area contributed by atoms with Crippen molar-refractivity contribution in [2.75, 3.05) is 0 Å². The van der Waals surface area contributed by atoms with Crippen molar-refractivity contribution in [3.05, 3.63) is 125 Å². The molecule has 5 rings (SSSR count). The molecule has 0 spiro atoms. The Bertz CT molecular complexity index is 1200. The molecule has 0 aliphatic carbocycles. The maximum absolute atomic E-state index is 6.14. The van der Waals surface area contributed by atoms with E-state index in [9.17, 15) is 0 Å². The minimum atomic E-state index is 0.00970. The van der Waals surface area contributed by atoms with E-state index < -0.39 is 0 Å². The highest BCUT2D eigenvalue weighted by atomic mass is 35.5. The predicted octanol–water partition coefficient (Wildman–Crippen LogP) is 6.99. The van der Waals surface area contributed by atoms with E-state index in [0.717, 1.165) is 27.4 Å². The van der Waals surface area contributed by atoms with E-state index in [4.69, 9.17) is 16.6 Å². The van der Waals surface area contributed by atoms with E-state index in [1.165, 1.54) is 11.1 Å². The third-order valence-corrected chi connectivity index (χ3v) is 5.44. The predicted molar refractivity (Wildman–Crippen MR) is 120 cm³/mol. The van der Waals surface area contributed by atoms with Gasteiger partial charge in [-0.25, -0.2) is 4.98 Å². The van der Waals surface area contributed by atoms with Gasteiger partial charge in [0, 0.05) is 10.6 Å². The molecule has 2 nitrogen and oxygen atoms in total. The monoisotopic (exact) mass is 394 g/mol. The Morgan fingerprint density at radius 3 is 1.79 bits per heavy atom. The molecule has 3 heteroatoms. The van der Waals surface area contributed by atoms with Crippen molar-refractivity contribution in [1.82, 2.24) is 9.55 Å². The second kappa shape index (κ2) is 7.57. The van der Waals surface area contributed by atoms with Gasteiger partial charge in [0.2, 0.25) is 0 Å². The Morgan fingerprint density at radius 2 is 1.17 bits per heavy atom. The summed E-state index contributed by atoms with van der Waals surface area (Å²) in [5, 5.41) is 0.721. The molecular formula is C26H19ClN2. The maximum atomic E-state index is 6.14. The first-order chi connectivity index (χ1) is 14.3. The Kier molecular flexibility index (Phi) is 4.63. The van der Waals surface area contributed by atoms with E-state index >= 15 is 0 Å². The van der Waals surface area contributed by atoms with Gasteiger partial charge in [-0.2, -0.15) is 0 Å². The lowest BCUT2D eigenvalue weighted by Gasteiger charge is -2.23. The van der Waals surface area contributed by atoms with Crippen LogP contribution in [0.2, 0.25) is 5.02 Å². The minimum Gasteiger partial charge on any atom is -0.312 e. The van der Waals surface area contributed by atoms with E-state index in [0.29, 0.717) is 0 Å². The van der Waals surface area contributed by atoms with Crippen molar-refractivity contribution in [1.29, 1.82) is 0 Å². The smallest absolute Gasteiger partial charge is 0.141 e. The summed E-state index contributed by atoms with van der Waals surface area (Å²) in [5.41, 5.74) is 5.57. The van der Waals surface area contributed by atoms with Gasteiger partial charge in [0.15, 0.2) is 0 Å². The molecule has 0 unspecified atom stereocenters. The SMILES string of the molecule is Clc1ccc(-c2nc3ccccc3n2C(c2ccccc2)c2ccccc2)cc1. The first kappa shape index (κ1) is 17.7. The van der Waals surface area contributed by atoms with Crippen molar-refractivity contribution in [3.63, 3.8) is 0 Å². The summed E-state index contributed by atoms with van der Waals surface area (Å²) in [5.74, 6) is 0.931. The van der Waals surface area contributed by atoms with Crippen LogP contribution in [0.4, 0.5) is 0 Å². The quantitative estimate of drug-likeness (QED) is 0.321. The Balaban J connectivity index is 1.83. The van der Waals surface area contributed by atoms with Crippen LogP contribution in [0.3, 0.4) is 0 Å². The highest BCUT2D eigenvalue weighted by Crippen LogP contribution is 2.35. The molecule has 5 aromatic rings. The molecule has 4 aromatic carbocycles. The third-order valence-electron chi connectivity index (χ3n) is 5.19. The molecule has 0 aliphatic rings. The number of imidazole rings is 1. The van der Waals surface area contributed by atoms with Gasteiger partial charge in [0.05, 0.1) is 17.1 Å². The summed E-state index contributed by atoms with van der Waals surface area (Å²) in [4.78, 5) is 5.00. The molecule has 0 N–H and O–H groups in total. The van der Waals surface area contributed by atoms with E-state index in [-0.39, 0.29) is 6.04 Å². The van der Waals surface area contributed by atoms with Crippen LogP contribution in [0.1, 0.15) is 17.2 Å². The van der Waals surface area contributed by atoms with Crippen LogP contribution in [0.25, 0.3) is 22.4 Å². The van der Waals surface area contributed by atoms with Gasteiger partial charge >= 0.3 is 0 Å². The number of nitrogens with zero attached hydrogens (tertiary/aromatic N) is 2. The molecule has 0 fully saturated rings. The van der Waals surface area contributed by atoms with E-state index in [1.807, 2.05) is 30.3 Å². The molecule has 140 valence electrons. The van der Waals surface area contributed by atoms with Gasteiger partial charge in [0.25, 0.3) is 0 Å². The van der Waals surface area contributed by atoms with E-state index in [2.05, 4.69) is 83.4 Å². The Labute approximate surface area is 175 Å². The number of hydrogen-bond donors (Lipinski definition) is 0. The topological polar surface area (TPSA) is 17.8 Å².